The van der Waals surface area contributed by atoms with Gasteiger partial charge >= 0.3 is 0 Å². The van der Waals surface area contributed by atoms with E-state index >= 15 is 0 Å². The van der Waals surface area contributed by atoms with Gasteiger partial charge in [0.25, 0.3) is 5.91 Å². The topological polar surface area (TPSA) is 41.9 Å². The normalized spacial score (nSPS) is 22.3. The molecule has 1 aliphatic carbocycles. The number of carbonyl (C=O) groups is 1. The molecule has 2 aliphatic rings. The molecule has 1 heterocycles. The van der Waals surface area contributed by atoms with E-state index in [0.717, 1.165) is 41.0 Å². The second-order valence-corrected chi connectivity index (χ2v) is 10.5. The van der Waals surface area contributed by atoms with E-state index in [-0.39, 0.29) is 17.9 Å². The first kappa shape index (κ1) is 25.3. The number of nitrogens with zero attached hydrogens (tertiary/aromatic N) is 2. The van der Waals surface area contributed by atoms with Crippen LogP contribution in [-0.2, 0) is 4.79 Å². The zero-order valence-electron chi connectivity index (χ0n) is 20.8. The average Bonchev–Trinajstić information content (AvgIpc) is 3.29. The van der Waals surface area contributed by atoms with Gasteiger partial charge in [0.2, 0.25) is 0 Å². The van der Waals surface area contributed by atoms with E-state index in [4.69, 9.17) is 33.0 Å². The van der Waals surface area contributed by atoms with Crippen molar-refractivity contribution in [1.82, 2.24) is 5.01 Å². The molecule has 37 heavy (non-hydrogen) atoms. The van der Waals surface area contributed by atoms with Crippen LogP contribution < -0.4 is 4.74 Å². The van der Waals surface area contributed by atoms with Gasteiger partial charge in [-0.25, -0.2) is 5.01 Å². The van der Waals surface area contributed by atoms with Crippen LogP contribution in [0.25, 0.3) is 12.2 Å². The SMILES string of the molecule is COc1ccc(/C=C\C(=O)N2N=C3/C(=C\c4ccc(Cl)cc4)C[C@H](C)C[C@H]3[C@H]2c2ccc(Cl)cc2)cc1. The van der Waals surface area contributed by atoms with Crippen molar-refractivity contribution in [2.24, 2.45) is 16.9 Å². The minimum absolute atomic E-state index is 0.0989. The first-order chi connectivity index (χ1) is 17.9. The molecule has 3 aromatic rings. The van der Waals surface area contributed by atoms with Crippen molar-refractivity contribution in [3.8, 4) is 5.75 Å². The summed E-state index contributed by atoms with van der Waals surface area (Å²) in [5.74, 6) is 1.18. The molecule has 0 radical (unpaired) electrons. The molecule has 4 nitrogen and oxygen atoms in total. The van der Waals surface area contributed by atoms with Crippen molar-refractivity contribution in [3.63, 3.8) is 0 Å². The summed E-state index contributed by atoms with van der Waals surface area (Å²) in [6, 6.07) is 23.0. The molecular formula is C31H28Cl2N2O2. The fourth-order valence-electron chi connectivity index (χ4n) is 5.18. The Bertz CT molecular complexity index is 1360. The van der Waals surface area contributed by atoms with Crippen molar-refractivity contribution in [2.45, 2.75) is 25.8 Å². The minimum atomic E-state index is -0.198. The number of hydrogen-bond acceptors (Lipinski definition) is 3. The molecule has 0 saturated heterocycles. The van der Waals surface area contributed by atoms with Crippen LogP contribution in [0, 0.1) is 11.8 Å². The van der Waals surface area contributed by atoms with Gasteiger partial charge in [-0.3, -0.25) is 4.79 Å². The van der Waals surface area contributed by atoms with Crippen LogP contribution in [0.4, 0.5) is 0 Å². The third kappa shape index (κ3) is 5.66. The monoisotopic (exact) mass is 530 g/mol. The number of fused-ring (bicyclic) bond motifs is 1. The van der Waals surface area contributed by atoms with Crippen LogP contribution in [-0.4, -0.2) is 23.7 Å². The lowest BCUT2D eigenvalue weighted by Gasteiger charge is -2.32. The van der Waals surface area contributed by atoms with Crippen molar-refractivity contribution < 1.29 is 9.53 Å². The first-order valence-electron chi connectivity index (χ1n) is 12.4. The number of halogens is 2. The largest absolute Gasteiger partial charge is 0.497 e. The van der Waals surface area contributed by atoms with Gasteiger partial charge in [-0.15, -0.1) is 0 Å². The second kappa shape index (κ2) is 11.0. The van der Waals surface area contributed by atoms with E-state index in [1.54, 1.807) is 18.2 Å². The molecule has 1 amide bonds. The Morgan fingerprint density at radius 1 is 0.946 bits per heavy atom. The van der Waals surface area contributed by atoms with Crippen molar-refractivity contribution >= 4 is 47.0 Å². The molecule has 5 rings (SSSR count). The maximum atomic E-state index is 13.6. The molecule has 3 atom stereocenters. The molecule has 0 bridgehead atoms. The summed E-state index contributed by atoms with van der Waals surface area (Å²) >= 11 is 12.3. The molecule has 188 valence electrons. The third-order valence-electron chi connectivity index (χ3n) is 6.95. The van der Waals surface area contributed by atoms with Crippen LogP contribution in [0.2, 0.25) is 10.0 Å². The number of benzene rings is 3. The number of amides is 1. The van der Waals surface area contributed by atoms with Crippen LogP contribution in [0.1, 0.15) is 42.5 Å². The third-order valence-corrected chi connectivity index (χ3v) is 7.45. The van der Waals surface area contributed by atoms with E-state index in [1.807, 2.05) is 78.9 Å². The number of ether oxygens (including phenoxy) is 1. The zero-order valence-corrected chi connectivity index (χ0v) is 22.3. The van der Waals surface area contributed by atoms with Gasteiger partial charge < -0.3 is 4.74 Å². The Morgan fingerprint density at radius 3 is 2.22 bits per heavy atom. The molecular weight excluding hydrogens is 503 g/mol. The summed E-state index contributed by atoms with van der Waals surface area (Å²) in [5, 5.41) is 7.99. The van der Waals surface area contributed by atoms with E-state index in [0.29, 0.717) is 16.0 Å². The number of allylic oxidation sites excluding steroid dienone is 1. The van der Waals surface area contributed by atoms with Crippen molar-refractivity contribution in [2.75, 3.05) is 7.11 Å². The van der Waals surface area contributed by atoms with Crippen LogP contribution >= 0.6 is 23.2 Å². The summed E-state index contributed by atoms with van der Waals surface area (Å²) in [7, 11) is 1.63. The lowest BCUT2D eigenvalue weighted by Crippen LogP contribution is -2.32. The van der Waals surface area contributed by atoms with Crippen molar-refractivity contribution in [1.29, 1.82) is 0 Å². The van der Waals surface area contributed by atoms with E-state index in [9.17, 15) is 4.79 Å². The zero-order chi connectivity index (χ0) is 25.9. The Labute approximate surface area is 227 Å². The van der Waals surface area contributed by atoms with Gasteiger partial charge in [0, 0.05) is 22.0 Å². The van der Waals surface area contributed by atoms with Gasteiger partial charge in [0.05, 0.1) is 18.9 Å². The van der Waals surface area contributed by atoms with E-state index < -0.39 is 0 Å². The molecule has 1 fully saturated rings. The lowest BCUT2D eigenvalue weighted by atomic mass is 9.73. The number of rotatable bonds is 5. The predicted molar refractivity (Wildman–Crippen MR) is 152 cm³/mol. The maximum Gasteiger partial charge on any atom is 0.267 e. The number of methoxy groups -OCH3 is 1. The van der Waals surface area contributed by atoms with Crippen LogP contribution in [0.15, 0.2) is 89.5 Å². The summed E-state index contributed by atoms with van der Waals surface area (Å²) in [5.41, 5.74) is 5.17. The molecule has 0 unspecified atom stereocenters. The highest BCUT2D eigenvalue weighted by Crippen LogP contribution is 2.46. The lowest BCUT2D eigenvalue weighted by molar-refractivity contribution is -0.128. The Hall–Kier alpha value is -3.34. The van der Waals surface area contributed by atoms with Gasteiger partial charge in [0.1, 0.15) is 5.75 Å². The molecule has 0 N–H and O–H groups in total. The van der Waals surface area contributed by atoms with Gasteiger partial charge in [-0.05, 0) is 89.6 Å². The average molecular weight is 531 g/mol. The highest BCUT2D eigenvalue weighted by molar-refractivity contribution is 6.30. The van der Waals surface area contributed by atoms with Crippen LogP contribution in [0.5, 0.6) is 5.75 Å². The molecule has 0 spiro atoms. The second-order valence-electron chi connectivity index (χ2n) is 9.64. The maximum absolute atomic E-state index is 13.6. The number of hydrazone groups is 1. The minimum Gasteiger partial charge on any atom is -0.497 e. The quantitative estimate of drug-likeness (QED) is 0.312. The van der Waals surface area contributed by atoms with Gasteiger partial charge in [-0.1, -0.05) is 66.5 Å². The molecule has 1 aliphatic heterocycles. The molecule has 0 aromatic heterocycles. The Kier molecular flexibility index (Phi) is 7.50. The fraction of sp³-hybridized carbons (Fsp3) is 0.226. The summed E-state index contributed by atoms with van der Waals surface area (Å²) in [6.07, 6.45) is 7.46. The summed E-state index contributed by atoms with van der Waals surface area (Å²) in [4.78, 5) is 13.6. The Morgan fingerprint density at radius 2 is 1.57 bits per heavy atom. The molecule has 6 heteroatoms. The Balaban J connectivity index is 1.51. The van der Waals surface area contributed by atoms with E-state index in [2.05, 4.69) is 13.0 Å². The summed E-state index contributed by atoms with van der Waals surface area (Å²) in [6.45, 7) is 2.26. The highest BCUT2D eigenvalue weighted by atomic mass is 35.5. The number of hydrogen-bond donors (Lipinski definition) is 0. The molecule has 1 saturated carbocycles. The van der Waals surface area contributed by atoms with Crippen LogP contribution in [0.3, 0.4) is 0 Å². The van der Waals surface area contributed by atoms with Gasteiger partial charge in [-0.2, -0.15) is 5.10 Å². The number of carbonyl (C=O) groups excluding carboxylic acids is 1. The summed E-state index contributed by atoms with van der Waals surface area (Å²) < 4.78 is 5.23. The molecule has 3 aromatic carbocycles. The van der Waals surface area contributed by atoms with E-state index in [1.165, 1.54) is 5.57 Å². The standard InChI is InChI=1S/C31H28Cl2N2O2/c1-20-17-24(19-22-3-10-25(32)11-4-22)30-28(18-20)31(23-8-12-26(33)13-9-23)35(34-30)29(36)16-7-21-5-14-27(37-2)15-6-21/h3-16,19-20,28,31H,17-18H2,1-2H3/b16-7-,24-19-/t20-,28+,31+/m0/s1. The predicted octanol–water partition coefficient (Wildman–Crippen LogP) is 8.08. The highest BCUT2D eigenvalue weighted by Gasteiger charge is 2.44. The first-order valence-corrected chi connectivity index (χ1v) is 13.1. The van der Waals surface area contributed by atoms with Gasteiger partial charge in [0.15, 0.2) is 0 Å². The smallest absolute Gasteiger partial charge is 0.267 e. The van der Waals surface area contributed by atoms with Crippen molar-refractivity contribution in [3.05, 3.63) is 111 Å². The fourth-order valence-corrected chi connectivity index (χ4v) is 5.44.